The third-order valence-corrected chi connectivity index (χ3v) is 4.14. The molecular formula is C13H19N3O4S. The number of aryl methyl sites for hydroxylation is 2. The van der Waals surface area contributed by atoms with E-state index in [0.717, 1.165) is 24.4 Å². The predicted octanol–water partition coefficient (Wildman–Crippen LogP) is 1.69. The molecule has 1 aromatic rings. The molecule has 7 nitrogen and oxygen atoms in total. The molecule has 0 atom stereocenters. The van der Waals surface area contributed by atoms with Crippen LogP contribution in [0, 0.1) is 6.92 Å². The number of nitrogens with zero attached hydrogens (tertiary/aromatic N) is 1. The van der Waals surface area contributed by atoms with Gasteiger partial charge in [-0.15, -0.1) is 0 Å². The SMILES string of the molecule is CCc1cccc(C)c1NC(=O)NC(=O)N(C)S(C)(=O)=O. The number of hydrogen-bond acceptors (Lipinski definition) is 4. The zero-order valence-electron chi connectivity index (χ0n) is 12.4. The lowest BCUT2D eigenvalue weighted by atomic mass is 10.1. The van der Waals surface area contributed by atoms with Crippen molar-refractivity contribution in [3.8, 4) is 0 Å². The van der Waals surface area contributed by atoms with Crippen molar-refractivity contribution in [2.75, 3.05) is 18.6 Å². The van der Waals surface area contributed by atoms with Gasteiger partial charge in [0.05, 0.1) is 6.26 Å². The fraction of sp³-hybridized carbons (Fsp3) is 0.385. The van der Waals surface area contributed by atoms with Gasteiger partial charge in [-0.2, -0.15) is 0 Å². The van der Waals surface area contributed by atoms with E-state index in [9.17, 15) is 18.0 Å². The van der Waals surface area contributed by atoms with Gasteiger partial charge in [0.1, 0.15) is 0 Å². The molecular weight excluding hydrogens is 294 g/mol. The lowest BCUT2D eigenvalue weighted by Crippen LogP contribution is -2.45. The minimum Gasteiger partial charge on any atom is -0.307 e. The molecule has 1 aromatic carbocycles. The minimum atomic E-state index is -3.70. The molecule has 0 bridgehead atoms. The Bertz CT molecular complexity index is 655. The van der Waals surface area contributed by atoms with Crippen molar-refractivity contribution >= 4 is 27.8 Å². The van der Waals surface area contributed by atoms with E-state index in [1.807, 2.05) is 37.4 Å². The van der Waals surface area contributed by atoms with Crippen LogP contribution in [0.1, 0.15) is 18.1 Å². The highest BCUT2D eigenvalue weighted by atomic mass is 32.2. The summed E-state index contributed by atoms with van der Waals surface area (Å²) in [7, 11) is -2.63. The topological polar surface area (TPSA) is 95.6 Å². The summed E-state index contributed by atoms with van der Waals surface area (Å²) in [6.45, 7) is 3.78. The van der Waals surface area contributed by atoms with Crippen molar-refractivity contribution in [2.24, 2.45) is 0 Å². The van der Waals surface area contributed by atoms with Crippen LogP contribution in [0.5, 0.6) is 0 Å². The van der Waals surface area contributed by atoms with Gasteiger partial charge >= 0.3 is 12.1 Å². The van der Waals surface area contributed by atoms with Gasteiger partial charge in [-0.05, 0) is 24.5 Å². The normalized spacial score (nSPS) is 10.9. The fourth-order valence-electron chi connectivity index (χ4n) is 1.67. The summed E-state index contributed by atoms with van der Waals surface area (Å²) in [5.41, 5.74) is 2.40. The summed E-state index contributed by atoms with van der Waals surface area (Å²) in [6.07, 6.45) is 1.59. The van der Waals surface area contributed by atoms with E-state index in [-0.39, 0.29) is 0 Å². The Morgan fingerprint density at radius 2 is 1.90 bits per heavy atom. The Morgan fingerprint density at radius 1 is 1.29 bits per heavy atom. The molecule has 8 heteroatoms. The van der Waals surface area contributed by atoms with Gasteiger partial charge in [0.25, 0.3) is 0 Å². The maximum atomic E-state index is 11.8. The zero-order chi connectivity index (χ0) is 16.2. The zero-order valence-corrected chi connectivity index (χ0v) is 13.2. The first-order valence-electron chi connectivity index (χ1n) is 6.31. The molecule has 2 N–H and O–H groups in total. The van der Waals surface area contributed by atoms with Gasteiger partial charge < -0.3 is 5.32 Å². The number of anilines is 1. The van der Waals surface area contributed by atoms with Gasteiger partial charge in [-0.3, -0.25) is 5.32 Å². The number of imide groups is 1. The van der Waals surface area contributed by atoms with Crippen molar-refractivity contribution < 1.29 is 18.0 Å². The summed E-state index contributed by atoms with van der Waals surface area (Å²) in [4.78, 5) is 23.4. The van der Waals surface area contributed by atoms with Crippen LogP contribution in [0.25, 0.3) is 0 Å². The molecule has 0 unspecified atom stereocenters. The first-order valence-corrected chi connectivity index (χ1v) is 8.16. The number of amides is 4. The van der Waals surface area contributed by atoms with E-state index >= 15 is 0 Å². The van der Waals surface area contributed by atoms with E-state index < -0.39 is 22.1 Å². The molecule has 0 aromatic heterocycles. The summed E-state index contributed by atoms with van der Waals surface area (Å²) < 4.78 is 22.9. The van der Waals surface area contributed by atoms with Crippen LogP contribution in [0.3, 0.4) is 0 Å². The van der Waals surface area contributed by atoms with Crippen molar-refractivity contribution in [3.05, 3.63) is 29.3 Å². The Morgan fingerprint density at radius 3 is 2.43 bits per heavy atom. The minimum absolute atomic E-state index is 0.463. The van der Waals surface area contributed by atoms with Crippen molar-refractivity contribution in [1.82, 2.24) is 9.62 Å². The molecule has 0 spiro atoms. The number of benzene rings is 1. The molecule has 0 radical (unpaired) electrons. The largest absolute Gasteiger partial charge is 0.338 e. The lowest BCUT2D eigenvalue weighted by molar-refractivity contribution is 0.223. The average molecular weight is 313 g/mol. The monoisotopic (exact) mass is 313 g/mol. The van der Waals surface area contributed by atoms with Crippen molar-refractivity contribution in [3.63, 3.8) is 0 Å². The number of sulfonamides is 1. The molecule has 0 aliphatic rings. The summed E-state index contributed by atoms with van der Waals surface area (Å²) in [6, 6.07) is 3.78. The molecule has 0 heterocycles. The van der Waals surface area contributed by atoms with Gasteiger partial charge in [-0.1, -0.05) is 25.1 Å². The standard InChI is InChI=1S/C13H19N3O4S/c1-5-10-8-6-7-9(2)11(10)14-12(17)15-13(18)16(3)21(4,19)20/h6-8H,5H2,1-4H3,(H2,14,15,17,18). The Labute approximate surface area is 124 Å². The molecule has 21 heavy (non-hydrogen) atoms. The molecule has 0 saturated heterocycles. The highest BCUT2D eigenvalue weighted by molar-refractivity contribution is 7.88. The maximum absolute atomic E-state index is 11.8. The van der Waals surface area contributed by atoms with Gasteiger partial charge in [0.15, 0.2) is 0 Å². The number of urea groups is 2. The second-order valence-electron chi connectivity index (χ2n) is 4.58. The predicted molar refractivity (Wildman–Crippen MR) is 80.7 cm³/mol. The van der Waals surface area contributed by atoms with Gasteiger partial charge in [0.2, 0.25) is 10.0 Å². The molecule has 1 rings (SSSR count). The van der Waals surface area contributed by atoms with Crippen LogP contribution in [0.15, 0.2) is 18.2 Å². The van der Waals surface area contributed by atoms with Gasteiger partial charge in [0, 0.05) is 12.7 Å². The Balaban J connectivity index is 2.82. The lowest BCUT2D eigenvalue weighted by Gasteiger charge is -2.16. The third-order valence-electron chi connectivity index (χ3n) is 2.98. The van der Waals surface area contributed by atoms with Crippen LogP contribution in [0.4, 0.5) is 15.3 Å². The quantitative estimate of drug-likeness (QED) is 0.887. The second-order valence-corrected chi connectivity index (χ2v) is 6.59. The Hall–Kier alpha value is -2.09. The number of para-hydroxylation sites is 1. The summed E-state index contributed by atoms with van der Waals surface area (Å²) >= 11 is 0. The van der Waals surface area contributed by atoms with E-state index in [0.29, 0.717) is 16.4 Å². The van der Waals surface area contributed by atoms with E-state index in [1.165, 1.54) is 0 Å². The maximum Gasteiger partial charge on any atom is 0.338 e. The molecule has 4 amide bonds. The molecule has 0 aliphatic heterocycles. The first kappa shape index (κ1) is 17.0. The molecule has 0 aliphatic carbocycles. The number of hydrogen-bond donors (Lipinski definition) is 2. The summed E-state index contributed by atoms with van der Waals surface area (Å²) in [5, 5.41) is 4.55. The van der Waals surface area contributed by atoms with Crippen LogP contribution in [-0.4, -0.2) is 38.1 Å². The van der Waals surface area contributed by atoms with Crippen LogP contribution >= 0.6 is 0 Å². The van der Waals surface area contributed by atoms with Crippen LogP contribution in [-0.2, 0) is 16.4 Å². The van der Waals surface area contributed by atoms with Gasteiger partial charge in [-0.25, -0.2) is 22.3 Å². The number of rotatable bonds is 3. The van der Waals surface area contributed by atoms with E-state index in [4.69, 9.17) is 0 Å². The molecule has 0 fully saturated rings. The average Bonchev–Trinajstić information content (AvgIpc) is 2.38. The first-order chi connectivity index (χ1) is 9.66. The van der Waals surface area contributed by atoms with Crippen molar-refractivity contribution in [1.29, 1.82) is 0 Å². The Kier molecular flexibility index (Phi) is 5.31. The fourth-order valence-corrected chi connectivity index (χ4v) is 2.02. The van der Waals surface area contributed by atoms with Crippen LogP contribution < -0.4 is 10.6 Å². The van der Waals surface area contributed by atoms with E-state index in [2.05, 4.69) is 5.32 Å². The van der Waals surface area contributed by atoms with Crippen molar-refractivity contribution in [2.45, 2.75) is 20.3 Å². The number of nitrogens with one attached hydrogen (secondary N) is 2. The second kappa shape index (κ2) is 6.57. The van der Waals surface area contributed by atoms with E-state index in [1.54, 1.807) is 0 Å². The number of carbonyl (C=O) groups is 2. The smallest absolute Gasteiger partial charge is 0.307 e. The highest BCUT2D eigenvalue weighted by Gasteiger charge is 2.20. The molecule has 116 valence electrons. The molecule has 0 saturated carbocycles. The van der Waals surface area contributed by atoms with Crippen LogP contribution in [0.2, 0.25) is 0 Å². The third kappa shape index (κ3) is 4.45. The summed E-state index contributed by atoms with van der Waals surface area (Å²) in [5.74, 6) is 0. The highest BCUT2D eigenvalue weighted by Crippen LogP contribution is 2.20. The number of carbonyl (C=O) groups excluding carboxylic acids is 2.